The van der Waals surface area contributed by atoms with Crippen molar-refractivity contribution in [1.29, 1.82) is 0 Å². The minimum Gasteiger partial charge on any atom is -0.497 e. The first-order valence-electron chi connectivity index (χ1n) is 6.01. The van der Waals surface area contributed by atoms with Crippen molar-refractivity contribution in [1.82, 2.24) is 9.36 Å². The standard InChI is InChI=1S/C13H17N3OS/c1-3-5-12-15-13(18-16-12)14-9-10-6-4-7-11(8-10)17-2/h4,6-8H,3,5,9H2,1-2H3,(H,14,15,16). The van der Waals surface area contributed by atoms with Gasteiger partial charge in [-0.25, -0.2) is 4.98 Å². The summed E-state index contributed by atoms with van der Waals surface area (Å²) in [7, 11) is 1.67. The molecule has 0 atom stereocenters. The van der Waals surface area contributed by atoms with Crippen LogP contribution in [0.3, 0.4) is 0 Å². The van der Waals surface area contributed by atoms with E-state index in [0.717, 1.165) is 36.1 Å². The molecule has 0 bridgehead atoms. The van der Waals surface area contributed by atoms with Gasteiger partial charge in [-0.15, -0.1) is 0 Å². The van der Waals surface area contributed by atoms with Crippen molar-refractivity contribution in [3.05, 3.63) is 35.7 Å². The van der Waals surface area contributed by atoms with Gasteiger partial charge in [0.1, 0.15) is 11.6 Å². The molecule has 1 aromatic heterocycles. The topological polar surface area (TPSA) is 47.0 Å². The van der Waals surface area contributed by atoms with Crippen LogP contribution in [0.15, 0.2) is 24.3 Å². The molecule has 0 aliphatic heterocycles. The van der Waals surface area contributed by atoms with Crippen molar-refractivity contribution in [2.24, 2.45) is 0 Å². The maximum atomic E-state index is 5.19. The molecule has 4 nitrogen and oxygen atoms in total. The van der Waals surface area contributed by atoms with E-state index in [9.17, 15) is 0 Å². The molecule has 0 aliphatic rings. The van der Waals surface area contributed by atoms with Crippen LogP contribution in [0.4, 0.5) is 5.13 Å². The Hall–Kier alpha value is -1.62. The number of rotatable bonds is 6. The van der Waals surface area contributed by atoms with E-state index in [1.54, 1.807) is 7.11 Å². The number of methoxy groups -OCH3 is 1. The van der Waals surface area contributed by atoms with Crippen molar-refractivity contribution >= 4 is 16.7 Å². The molecule has 2 rings (SSSR count). The fraction of sp³-hybridized carbons (Fsp3) is 0.385. The van der Waals surface area contributed by atoms with Gasteiger partial charge in [-0.1, -0.05) is 19.1 Å². The number of hydrogen-bond acceptors (Lipinski definition) is 5. The molecule has 0 aliphatic carbocycles. The summed E-state index contributed by atoms with van der Waals surface area (Å²) in [5, 5.41) is 4.16. The van der Waals surface area contributed by atoms with E-state index >= 15 is 0 Å². The van der Waals surface area contributed by atoms with Gasteiger partial charge in [-0.05, 0) is 24.1 Å². The molecular weight excluding hydrogens is 246 g/mol. The van der Waals surface area contributed by atoms with Crippen LogP contribution in [-0.2, 0) is 13.0 Å². The van der Waals surface area contributed by atoms with Crippen LogP contribution in [0, 0.1) is 0 Å². The second-order valence-corrected chi connectivity index (χ2v) is 4.72. The van der Waals surface area contributed by atoms with Gasteiger partial charge in [0.05, 0.1) is 7.11 Å². The molecule has 1 aromatic carbocycles. The van der Waals surface area contributed by atoms with Gasteiger partial charge in [0.2, 0.25) is 5.13 Å². The zero-order chi connectivity index (χ0) is 12.8. The highest BCUT2D eigenvalue weighted by Crippen LogP contribution is 2.16. The molecule has 0 spiro atoms. The fourth-order valence-corrected chi connectivity index (χ4v) is 2.22. The molecular formula is C13H17N3OS. The Bertz CT molecular complexity index is 498. The van der Waals surface area contributed by atoms with Gasteiger partial charge in [-0.3, -0.25) is 0 Å². The van der Waals surface area contributed by atoms with E-state index in [4.69, 9.17) is 4.74 Å². The lowest BCUT2D eigenvalue weighted by molar-refractivity contribution is 0.414. The predicted octanol–water partition coefficient (Wildman–Crippen LogP) is 3.11. The molecule has 5 heteroatoms. The highest BCUT2D eigenvalue weighted by atomic mass is 32.1. The summed E-state index contributed by atoms with van der Waals surface area (Å²) in [5.74, 6) is 1.80. The Labute approximate surface area is 111 Å². The number of benzene rings is 1. The van der Waals surface area contributed by atoms with E-state index in [0.29, 0.717) is 0 Å². The van der Waals surface area contributed by atoms with Gasteiger partial charge in [0.15, 0.2) is 0 Å². The SMILES string of the molecule is CCCc1nsc(NCc2cccc(OC)c2)n1. The lowest BCUT2D eigenvalue weighted by Gasteiger charge is -2.04. The summed E-state index contributed by atoms with van der Waals surface area (Å²) in [5.41, 5.74) is 1.17. The van der Waals surface area contributed by atoms with Gasteiger partial charge < -0.3 is 10.1 Å². The minimum atomic E-state index is 0.734. The summed E-state index contributed by atoms with van der Waals surface area (Å²) < 4.78 is 9.49. The predicted molar refractivity (Wildman–Crippen MR) is 74.2 cm³/mol. The quantitative estimate of drug-likeness (QED) is 0.870. The van der Waals surface area contributed by atoms with Crippen molar-refractivity contribution in [2.75, 3.05) is 12.4 Å². The number of hydrogen-bond donors (Lipinski definition) is 1. The van der Waals surface area contributed by atoms with Crippen molar-refractivity contribution in [3.63, 3.8) is 0 Å². The number of nitrogens with one attached hydrogen (secondary N) is 1. The van der Waals surface area contributed by atoms with Gasteiger partial charge in [0, 0.05) is 24.5 Å². The fourth-order valence-electron chi connectivity index (χ4n) is 1.61. The smallest absolute Gasteiger partial charge is 0.202 e. The Morgan fingerprint density at radius 3 is 3.06 bits per heavy atom. The summed E-state index contributed by atoms with van der Waals surface area (Å²) in [6.07, 6.45) is 2.02. The number of aryl methyl sites for hydroxylation is 1. The maximum Gasteiger partial charge on any atom is 0.202 e. The van der Waals surface area contributed by atoms with E-state index in [-0.39, 0.29) is 0 Å². The molecule has 1 heterocycles. The van der Waals surface area contributed by atoms with Gasteiger partial charge in [-0.2, -0.15) is 4.37 Å². The van der Waals surface area contributed by atoms with Crippen molar-refractivity contribution in [2.45, 2.75) is 26.3 Å². The molecule has 0 saturated carbocycles. The Morgan fingerprint density at radius 1 is 1.39 bits per heavy atom. The summed E-state index contributed by atoms with van der Waals surface area (Å²) in [6, 6.07) is 8.00. The van der Waals surface area contributed by atoms with Crippen LogP contribution in [-0.4, -0.2) is 16.5 Å². The first-order valence-corrected chi connectivity index (χ1v) is 6.78. The molecule has 0 amide bonds. The number of anilines is 1. The van der Waals surface area contributed by atoms with Crippen LogP contribution in [0.5, 0.6) is 5.75 Å². The Morgan fingerprint density at radius 2 is 2.28 bits per heavy atom. The number of ether oxygens (including phenoxy) is 1. The van der Waals surface area contributed by atoms with Crippen LogP contribution in [0.1, 0.15) is 24.7 Å². The third-order valence-electron chi connectivity index (χ3n) is 2.52. The van der Waals surface area contributed by atoms with E-state index < -0.39 is 0 Å². The molecule has 0 unspecified atom stereocenters. The second-order valence-electron chi connectivity index (χ2n) is 3.97. The van der Waals surface area contributed by atoms with Crippen LogP contribution in [0.25, 0.3) is 0 Å². The molecule has 0 radical (unpaired) electrons. The minimum absolute atomic E-state index is 0.734. The van der Waals surface area contributed by atoms with Gasteiger partial charge in [0.25, 0.3) is 0 Å². The van der Waals surface area contributed by atoms with Crippen LogP contribution in [0.2, 0.25) is 0 Å². The van der Waals surface area contributed by atoms with Crippen LogP contribution >= 0.6 is 11.5 Å². The van der Waals surface area contributed by atoms with Gasteiger partial charge >= 0.3 is 0 Å². The lowest BCUT2D eigenvalue weighted by atomic mass is 10.2. The first-order chi connectivity index (χ1) is 8.81. The molecule has 1 N–H and O–H groups in total. The third kappa shape index (κ3) is 3.43. The van der Waals surface area contributed by atoms with E-state index in [1.807, 2.05) is 18.2 Å². The van der Waals surface area contributed by atoms with E-state index in [1.165, 1.54) is 17.1 Å². The zero-order valence-corrected chi connectivity index (χ0v) is 11.5. The van der Waals surface area contributed by atoms with Crippen molar-refractivity contribution in [3.8, 4) is 5.75 Å². The summed E-state index contributed by atoms with van der Waals surface area (Å²) in [6.45, 7) is 2.86. The molecule has 0 fully saturated rings. The average molecular weight is 263 g/mol. The molecule has 18 heavy (non-hydrogen) atoms. The Balaban J connectivity index is 1.93. The summed E-state index contributed by atoms with van der Waals surface area (Å²) >= 11 is 1.42. The van der Waals surface area contributed by atoms with Crippen LogP contribution < -0.4 is 10.1 Å². The largest absolute Gasteiger partial charge is 0.497 e. The molecule has 2 aromatic rings. The second kappa shape index (κ2) is 6.35. The van der Waals surface area contributed by atoms with E-state index in [2.05, 4.69) is 27.7 Å². The Kier molecular flexibility index (Phi) is 4.52. The normalized spacial score (nSPS) is 10.3. The molecule has 96 valence electrons. The third-order valence-corrected chi connectivity index (χ3v) is 3.23. The average Bonchev–Trinajstić information content (AvgIpc) is 2.85. The highest BCUT2D eigenvalue weighted by Gasteiger charge is 2.03. The number of nitrogens with zero attached hydrogens (tertiary/aromatic N) is 2. The highest BCUT2D eigenvalue weighted by molar-refractivity contribution is 7.09. The summed E-state index contributed by atoms with van der Waals surface area (Å²) in [4.78, 5) is 4.42. The zero-order valence-electron chi connectivity index (χ0n) is 10.6. The molecule has 0 saturated heterocycles. The number of aromatic nitrogens is 2. The lowest BCUT2D eigenvalue weighted by Crippen LogP contribution is -1.99. The first kappa shape index (κ1) is 12.8. The monoisotopic (exact) mass is 263 g/mol. The van der Waals surface area contributed by atoms with Crippen molar-refractivity contribution < 1.29 is 4.74 Å². The maximum absolute atomic E-state index is 5.19.